The summed E-state index contributed by atoms with van der Waals surface area (Å²) in [6, 6.07) is 38.5. The van der Waals surface area contributed by atoms with E-state index in [0.29, 0.717) is 35.4 Å². The highest BCUT2D eigenvalue weighted by molar-refractivity contribution is 6.27. The first-order valence-corrected chi connectivity index (χ1v) is 18.6. The van der Waals surface area contributed by atoms with Crippen molar-refractivity contribution in [3.63, 3.8) is 0 Å². The van der Waals surface area contributed by atoms with Gasteiger partial charge in [0, 0.05) is 23.6 Å². The molecule has 0 aliphatic heterocycles. The molecule has 10 heteroatoms. The van der Waals surface area contributed by atoms with Crippen molar-refractivity contribution in [3.05, 3.63) is 168 Å². The summed E-state index contributed by atoms with van der Waals surface area (Å²) in [7, 11) is 0. The van der Waals surface area contributed by atoms with E-state index in [-0.39, 0.29) is 0 Å². The number of aliphatic imine (C=N–C) groups is 2. The molecule has 0 saturated heterocycles. The lowest BCUT2D eigenvalue weighted by Gasteiger charge is -2.38. The van der Waals surface area contributed by atoms with E-state index in [0.717, 1.165) is 76.8 Å². The van der Waals surface area contributed by atoms with Gasteiger partial charge in [0.2, 0.25) is 5.41 Å². The minimum atomic E-state index is -5.96. The second-order valence-electron chi connectivity index (χ2n) is 14.7. The smallest absolute Gasteiger partial charge is 0.411 e. The number of hydrogen-bond acceptors (Lipinski definition) is 4. The molecule has 0 atom stereocenters. The summed E-state index contributed by atoms with van der Waals surface area (Å²) in [5.41, 5.74) is -6.99. The molecule has 0 spiro atoms. The van der Waals surface area contributed by atoms with Gasteiger partial charge in [-0.05, 0) is 106 Å². The first-order chi connectivity index (χ1) is 28.3. The molecule has 0 aliphatic rings. The number of benzene rings is 10. The van der Waals surface area contributed by atoms with Gasteiger partial charge in [0.15, 0.2) is 0 Å². The van der Waals surface area contributed by atoms with Crippen molar-refractivity contribution >= 4 is 88.4 Å². The van der Waals surface area contributed by atoms with Crippen LogP contribution in [0.15, 0.2) is 156 Å². The van der Waals surface area contributed by atoms with Crippen molar-refractivity contribution in [1.29, 1.82) is 0 Å². The third kappa shape index (κ3) is 5.46. The Hall–Kier alpha value is -7.20. The van der Waals surface area contributed by atoms with Gasteiger partial charge >= 0.3 is 12.4 Å². The van der Waals surface area contributed by atoms with Crippen LogP contribution in [0.25, 0.3) is 64.6 Å². The van der Waals surface area contributed by atoms with Gasteiger partial charge in [-0.3, -0.25) is 9.98 Å². The minimum absolute atomic E-state index is 0.503. The van der Waals surface area contributed by atoms with Crippen molar-refractivity contribution in [2.45, 2.75) is 17.8 Å². The van der Waals surface area contributed by atoms with Crippen LogP contribution < -0.4 is 0 Å². The Kier molecular flexibility index (Phi) is 7.91. The zero-order valence-electron chi connectivity index (χ0n) is 30.6. The SMILES string of the molecule is Oc1ccc(C(c2ccc(O)c(/N=C/c3cc4cccc5ccc6cccc3c6c54)c2)(C(F)(F)F)C(F)(F)F)cc1/N=C/c1ccc2ccc3cccc4ccc1c2c34. The topological polar surface area (TPSA) is 65.2 Å². The van der Waals surface area contributed by atoms with Crippen LogP contribution in [0.4, 0.5) is 37.7 Å². The first-order valence-electron chi connectivity index (χ1n) is 18.6. The lowest BCUT2D eigenvalue weighted by molar-refractivity contribution is -0.288. The number of aromatic hydroxyl groups is 2. The van der Waals surface area contributed by atoms with Crippen molar-refractivity contribution in [2.24, 2.45) is 9.98 Å². The predicted molar refractivity (Wildman–Crippen MR) is 224 cm³/mol. The van der Waals surface area contributed by atoms with E-state index >= 15 is 26.3 Å². The largest absolute Gasteiger partial charge is 0.506 e. The van der Waals surface area contributed by atoms with Gasteiger partial charge in [0.1, 0.15) is 22.9 Å². The standard InChI is InChI=1S/C49H28F6N2O2/c50-48(51,52)47(49(53,54)55,35-17-20-41(58)39(23-35)56-25-33-15-14-31-13-11-27-4-1-5-29-16-19-38(33)46(31)43(27)29)36-18-21-42(59)40(24-36)57-26-34-22-32-8-2-6-28-10-12-30-7-3-9-37(34)45(30)44(28)32/h1-26,58-59H/b56-25+,57-26+. The third-order valence-electron chi connectivity index (χ3n) is 11.5. The molecule has 288 valence electrons. The van der Waals surface area contributed by atoms with Crippen molar-refractivity contribution in [2.75, 3.05) is 0 Å². The fourth-order valence-corrected chi connectivity index (χ4v) is 8.75. The summed E-state index contributed by atoms with van der Waals surface area (Å²) in [5.74, 6) is -1.24. The maximum absolute atomic E-state index is 15.5. The lowest BCUT2D eigenvalue weighted by Crippen LogP contribution is -2.54. The molecule has 10 aromatic rings. The Labute approximate surface area is 331 Å². The summed E-state index contributed by atoms with van der Waals surface area (Å²) in [5, 5.41) is 32.8. The fraction of sp³-hybridized carbons (Fsp3) is 0.0612. The van der Waals surface area contributed by atoms with E-state index in [4.69, 9.17) is 0 Å². The third-order valence-corrected chi connectivity index (χ3v) is 11.5. The highest BCUT2D eigenvalue weighted by Crippen LogP contribution is 2.58. The molecule has 0 aliphatic carbocycles. The van der Waals surface area contributed by atoms with Gasteiger partial charge in [-0.15, -0.1) is 0 Å². The molecular formula is C49H28F6N2O2. The second-order valence-corrected chi connectivity index (χ2v) is 14.7. The van der Waals surface area contributed by atoms with Gasteiger partial charge in [-0.25, -0.2) is 0 Å². The Bertz CT molecular complexity index is 3320. The highest BCUT2D eigenvalue weighted by atomic mass is 19.4. The van der Waals surface area contributed by atoms with Crippen LogP contribution in [0.2, 0.25) is 0 Å². The van der Waals surface area contributed by atoms with Crippen molar-refractivity contribution in [1.82, 2.24) is 0 Å². The van der Waals surface area contributed by atoms with Crippen LogP contribution in [-0.4, -0.2) is 35.0 Å². The zero-order chi connectivity index (χ0) is 40.8. The number of phenols is 2. The average Bonchev–Trinajstić information content (AvgIpc) is 3.21. The first kappa shape index (κ1) is 36.2. The number of rotatable bonds is 6. The molecule has 0 bridgehead atoms. The van der Waals surface area contributed by atoms with E-state index in [1.807, 2.05) is 103 Å². The average molecular weight is 791 g/mol. The Morgan fingerprint density at radius 1 is 0.390 bits per heavy atom. The van der Waals surface area contributed by atoms with Gasteiger partial charge in [0.05, 0.1) is 0 Å². The van der Waals surface area contributed by atoms with Crippen LogP contribution in [-0.2, 0) is 5.41 Å². The number of halogens is 6. The highest BCUT2D eigenvalue weighted by Gasteiger charge is 2.72. The quantitative estimate of drug-likeness (QED) is 0.100. The molecule has 4 nitrogen and oxygen atoms in total. The molecule has 0 amide bonds. The molecule has 0 saturated carbocycles. The van der Waals surface area contributed by atoms with Crippen LogP contribution in [0.5, 0.6) is 11.5 Å². The molecule has 0 aromatic heterocycles. The van der Waals surface area contributed by atoms with Crippen LogP contribution >= 0.6 is 0 Å². The molecule has 10 aromatic carbocycles. The number of hydrogen-bond donors (Lipinski definition) is 2. The molecule has 0 radical (unpaired) electrons. The van der Waals surface area contributed by atoms with Crippen LogP contribution in [0.3, 0.4) is 0 Å². The summed E-state index contributed by atoms with van der Waals surface area (Å²) in [4.78, 5) is 8.56. The minimum Gasteiger partial charge on any atom is -0.506 e. The normalized spacial score (nSPS) is 13.3. The van der Waals surface area contributed by atoms with E-state index in [9.17, 15) is 10.2 Å². The van der Waals surface area contributed by atoms with Crippen molar-refractivity contribution in [3.8, 4) is 11.5 Å². The van der Waals surface area contributed by atoms with E-state index in [1.54, 1.807) is 6.07 Å². The van der Waals surface area contributed by atoms with E-state index in [1.165, 1.54) is 12.4 Å². The summed E-state index contributed by atoms with van der Waals surface area (Å²) < 4.78 is 92.7. The summed E-state index contributed by atoms with van der Waals surface area (Å²) >= 11 is 0. The fourth-order valence-electron chi connectivity index (χ4n) is 8.75. The number of nitrogens with zero attached hydrogens (tertiary/aromatic N) is 2. The summed E-state index contributed by atoms with van der Waals surface area (Å²) in [6.07, 6.45) is -9.27. The van der Waals surface area contributed by atoms with Gasteiger partial charge < -0.3 is 10.2 Å². The maximum Gasteiger partial charge on any atom is 0.411 e. The van der Waals surface area contributed by atoms with E-state index < -0.39 is 51.8 Å². The molecular weight excluding hydrogens is 763 g/mol. The van der Waals surface area contributed by atoms with Gasteiger partial charge in [0.25, 0.3) is 0 Å². The predicted octanol–water partition coefficient (Wildman–Crippen LogP) is 13.8. The summed E-state index contributed by atoms with van der Waals surface area (Å²) in [6.45, 7) is 0. The second kappa shape index (κ2) is 12.9. The van der Waals surface area contributed by atoms with Gasteiger partial charge in [-0.2, -0.15) is 26.3 Å². The monoisotopic (exact) mass is 790 g/mol. The Balaban J connectivity index is 1.09. The molecule has 0 unspecified atom stereocenters. The van der Waals surface area contributed by atoms with E-state index in [2.05, 4.69) is 9.98 Å². The molecule has 0 fully saturated rings. The molecule has 59 heavy (non-hydrogen) atoms. The van der Waals surface area contributed by atoms with Crippen LogP contribution in [0.1, 0.15) is 22.3 Å². The lowest BCUT2D eigenvalue weighted by atomic mass is 9.72. The Morgan fingerprint density at radius 2 is 0.797 bits per heavy atom. The Morgan fingerprint density at radius 3 is 1.34 bits per heavy atom. The molecule has 0 heterocycles. The van der Waals surface area contributed by atoms with Crippen LogP contribution in [0, 0.1) is 0 Å². The van der Waals surface area contributed by atoms with Crippen molar-refractivity contribution < 1.29 is 36.6 Å². The number of phenolic OH excluding ortho intramolecular Hbond substituents is 2. The number of alkyl halides is 6. The van der Waals surface area contributed by atoms with Gasteiger partial charge in [-0.1, -0.05) is 115 Å². The molecule has 10 rings (SSSR count). The maximum atomic E-state index is 15.5. The zero-order valence-corrected chi connectivity index (χ0v) is 30.6. The molecule has 2 N–H and O–H groups in total.